The normalized spacial score (nSPS) is 14.2. The van der Waals surface area contributed by atoms with Crippen molar-refractivity contribution in [1.82, 2.24) is 4.98 Å². The van der Waals surface area contributed by atoms with Crippen molar-refractivity contribution >= 4 is 28.9 Å². The molecule has 1 aliphatic rings. The van der Waals surface area contributed by atoms with Gasteiger partial charge < -0.3 is 15.0 Å². The molecule has 0 saturated carbocycles. The summed E-state index contributed by atoms with van der Waals surface area (Å²) in [5, 5.41) is 2.24. The summed E-state index contributed by atoms with van der Waals surface area (Å²) in [4.78, 5) is 18.1. The van der Waals surface area contributed by atoms with Gasteiger partial charge in [-0.1, -0.05) is 17.7 Å². The summed E-state index contributed by atoms with van der Waals surface area (Å²) < 4.78 is 55.5. The lowest BCUT2D eigenvalue weighted by Crippen LogP contribution is -2.22. The number of carbonyl (C=O) groups is 1. The number of benzene rings is 1. The van der Waals surface area contributed by atoms with Gasteiger partial charge in [0.15, 0.2) is 6.61 Å². The fraction of sp³-hybridized carbons (Fsp3) is 0.333. The number of anilines is 2. The van der Waals surface area contributed by atoms with E-state index < -0.39 is 30.4 Å². The zero-order valence-electron chi connectivity index (χ0n) is 14.5. The summed E-state index contributed by atoms with van der Waals surface area (Å²) in [5.41, 5.74) is 0.554. The SMILES string of the molecule is O=C(Nc1c(F)cccc1N1CCCC1)c1cnc(OCC(F)(F)F)c(Cl)c1. The predicted molar refractivity (Wildman–Crippen MR) is 96.6 cm³/mol. The molecular weight excluding hydrogens is 402 g/mol. The van der Waals surface area contributed by atoms with E-state index in [9.17, 15) is 22.4 Å². The van der Waals surface area contributed by atoms with Crippen LogP contribution in [0.25, 0.3) is 0 Å². The molecule has 2 aromatic rings. The Morgan fingerprint density at radius 3 is 2.64 bits per heavy atom. The van der Waals surface area contributed by atoms with E-state index in [2.05, 4.69) is 15.0 Å². The van der Waals surface area contributed by atoms with Crippen LogP contribution in [0, 0.1) is 5.82 Å². The Hall–Kier alpha value is -2.55. The Kier molecular flexibility index (Phi) is 5.93. The first-order chi connectivity index (χ1) is 13.2. The van der Waals surface area contributed by atoms with Crippen LogP contribution in [0.3, 0.4) is 0 Å². The van der Waals surface area contributed by atoms with Crippen LogP contribution < -0.4 is 15.0 Å². The van der Waals surface area contributed by atoms with Crippen molar-refractivity contribution in [3.05, 3.63) is 46.9 Å². The summed E-state index contributed by atoms with van der Waals surface area (Å²) in [6, 6.07) is 5.62. The Balaban J connectivity index is 1.77. The van der Waals surface area contributed by atoms with Gasteiger partial charge in [0.25, 0.3) is 5.91 Å². The molecule has 0 unspecified atom stereocenters. The van der Waals surface area contributed by atoms with Crippen LogP contribution in [0.5, 0.6) is 5.88 Å². The van der Waals surface area contributed by atoms with Crippen LogP contribution in [-0.4, -0.2) is 36.8 Å². The highest BCUT2D eigenvalue weighted by Crippen LogP contribution is 2.32. The summed E-state index contributed by atoms with van der Waals surface area (Å²) in [5.74, 6) is -1.73. The number of hydrogen-bond acceptors (Lipinski definition) is 4. The number of alkyl halides is 3. The maximum Gasteiger partial charge on any atom is 0.422 e. The van der Waals surface area contributed by atoms with E-state index in [1.807, 2.05) is 4.90 Å². The van der Waals surface area contributed by atoms with E-state index in [1.54, 1.807) is 12.1 Å². The van der Waals surface area contributed by atoms with Crippen molar-refractivity contribution in [3.63, 3.8) is 0 Å². The quantitative estimate of drug-likeness (QED) is 0.718. The second-order valence-corrected chi connectivity index (χ2v) is 6.60. The lowest BCUT2D eigenvalue weighted by molar-refractivity contribution is -0.154. The Bertz CT molecular complexity index is 870. The zero-order chi connectivity index (χ0) is 20.3. The van der Waals surface area contributed by atoms with Gasteiger partial charge >= 0.3 is 6.18 Å². The van der Waals surface area contributed by atoms with Crippen LogP contribution in [0.15, 0.2) is 30.5 Å². The predicted octanol–water partition coefficient (Wildman–Crippen LogP) is 4.67. The Morgan fingerprint density at radius 1 is 1.29 bits per heavy atom. The molecule has 1 aliphatic heterocycles. The summed E-state index contributed by atoms with van der Waals surface area (Å²) in [6.45, 7) is -0.0460. The van der Waals surface area contributed by atoms with Gasteiger partial charge in [0.2, 0.25) is 5.88 Å². The molecule has 3 rings (SSSR count). The minimum absolute atomic E-state index is 0.0305. The molecule has 0 aliphatic carbocycles. The van der Waals surface area contributed by atoms with Crippen LogP contribution >= 0.6 is 11.6 Å². The number of ether oxygens (including phenoxy) is 1. The third-order valence-corrected chi connectivity index (χ3v) is 4.39. The monoisotopic (exact) mass is 417 g/mol. The molecule has 0 bridgehead atoms. The minimum atomic E-state index is -4.54. The average molecular weight is 418 g/mol. The number of para-hydroxylation sites is 1. The fourth-order valence-electron chi connectivity index (χ4n) is 2.85. The molecule has 0 atom stereocenters. The second-order valence-electron chi connectivity index (χ2n) is 6.20. The number of carbonyl (C=O) groups excluding carboxylic acids is 1. The molecule has 0 radical (unpaired) electrons. The number of halogens is 5. The summed E-state index contributed by atoms with van der Waals surface area (Å²) in [6.07, 6.45) is -1.58. The number of aromatic nitrogens is 1. The molecule has 1 saturated heterocycles. The van der Waals surface area contributed by atoms with Crippen molar-refractivity contribution in [2.45, 2.75) is 19.0 Å². The highest BCUT2D eigenvalue weighted by Gasteiger charge is 2.29. The zero-order valence-corrected chi connectivity index (χ0v) is 15.3. The standard InChI is InChI=1S/C18H16ClF4N3O2/c19-12-8-11(9-24-17(12)28-10-18(21,22)23)16(27)25-15-13(20)4-3-5-14(15)26-6-1-2-7-26/h3-5,8-9H,1-2,6-7,10H2,(H,25,27). The third-order valence-electron chi connectivity index (χ3n) is 4.12. The van der Waals surface area contributed by atoms with Crippen molar-refractivity contribution in [3.8, 4) is 5.88 Å². The summed E-state index contributed by atoms with van der Waals surface area (Å²) in [7, 11) is 0. The molecule has 1 amide bonds. The van der Waals surface area contributed by atoms with E-state index in [-0.39, 0.29) is 16.3 Å². The van der Waals surface area contributed by atoms with Crippen molar-refractivity contribution in [2.75, 3.05) is 29.9 Å². The van der Waals surface area contributed by atoms with E-state index in [1.165, 1.54) is 6.07 Å². The van der Waals surface area contributed by atoms with E-state index in [0.717, 1.165) is 38.2 Å². The van der Waals surface area contributed by atoms with Gasteiger partial charge in [-0.25, -0.2) is 9.37 Å². The molecule has 1 aromatic heterocycles. The van der Waals surface area contributed by atoms with Gasteiger partial charge in [-0.3, -0.25) is 4.79 Å². The van der Waals surface area contributed by atoms with Crippen LogP contribution in [0.2, 0.25) is 5.02 Å². The highest BCUT2D eigenvalue weighted by molar-refractivity contribution is 6.32. The van der Waals surface area contributed by atoms with Gasteiger partial charge in [-0.2, -0.15) is 13.2 Å². The van der Waals surface area contributed by atoms with E-state index in [0.29, 0.717) is 5.69 Å². The maximum atomic E-state index is 14.3. The Morgan fingerprint density at radius 2 is 2.00 bits per heavy atom. The molecule has 1 fully saturated rings. The first-order valence-electron chi connectivity index (χ1n) is 8.44. The van der Waals surface area contributed by atoms with Crippen LogP contribution in [-0.2, 0) is 0 Å². The van der Waals surface area contributed by atoms with Gasteiger partial charge in [-0.05, 0) is 31.0 Å². The van der Waals surface area contributed by atoms with Crippen molar-refractivity contribution in [1.29, 1.82) is 0 Å². The van der Waals surface area contributed by atoms with Crippen molar-refractivity contribution in [2.24, 2.45) is 0 Å². The van der Waals surface area contributed by atoms with Crippen LogP contribution in [0.1, 0.15) is 23.2 Å². The summed E-state index contributed by atoms with van der Waals surface area (Å²) >= 11 is 5.85. The first kappa shape index (κ1) is 20.2. The molecular formula is C18H16ClF4N3O2. The van der Waals surface area contributed by atoms with Gasteiger partial charge in [-0.15, -0.1) is 0 Å². The molecule has 5 nitrogen and oxygen atoms in total. The lowest BCUT2D eigenvalue weighted by Gasteiger charge is -2.22. The highest BCUT2D eigenvalue weighted by atomic mass is 35.5. The molecule has 10 heteroatoms. The molecule has 2 heterocycles. The van der Waals surface area contributed by atoms with Gasteiger partial charge in [0, 0.05) is 19.3 Å². The number of pyridine rings is 1. The number of rotatable bonds is 5. The maximum absolute atomic E-state index is 14.3. The molecule has 1 aromatic carbocycles. The van der Waals surface area contributed by atoms with E-state index in [4.69, 9.17) is 11.6 Å². The van der Waals surface area contributed by atoms with Crippen LogP contribution in [0.4, 0.5) is 28.9 Å². The number of amides is 1. The average Bonchev–Trinajstić information content (AvgIpc) is 3.16. The topological polar surface area (TPSA) is 54.5 Å². The minimum Gasteiger partial charge on any atom is -0.467 e. The van der Waals surface area contributed by atoms with E-state index >= 15 is 0 Å². The number of nitrogens with zero attached hydrogens (tertiary/aromatic N) is 2. The molecule has 150 valence electrons. The van der Waals surface area contributed by atoms with Gasteiger partial charge in [0.1, 0.15) is 16.5 Å². The molecule has 0 spiro atoms. The lowest BCUT2D eigenvalue weighted by atomic mass is 10.2. The largest absolute Gasteiger partial charge is 0.467 e. The third kappa shape index (κ3) is 4.83. The number of hydrogen-bond donors (Lipinski definition) is 1. The van der Waals surface area contributed by atoms with Gasteiger partial charge in [0.05, 0.1) is 11.3 Å². The molecule has 1 N–H and O–H groups in total. The molecule has 28 heavy (non-hydrogen) atoms. The first-order valence-corrected chi connectivity index (χ1v) is 8.82. The Labute approximate surface area is 163 Å². The number of nitrogens with one attached hydrogen (secondary N) is 1. The smallest absolute Gasteiger partial charge is 0.422 e. The fourth-order valence-corrected chi connectivity index (χ4v) is 3.07. The van der Waals surface area contributed by atoms with Crippen molar-refractivity contribution < 1.29 is 27.1 Å². The second kappa shape index (κ2) is 8.22.